The first-order valence-electron chi connectivity index (χ1n) is 8.38. The van der Waals surface area contributed by atoms with Gasteiger partial charge in [0.2, 0.25) is 0 Å². The van der Waals surface area contributed by atoms with Gasteiger partial charge in [0.1, 0.15) is 0 Å². The van der Waals surface area contributed by atoms with E-state index in [0.717, 1.165) is 36.6 Å². The van der Waals surface area contributed by atoms with Gasteiger partial charge < -0.3 is 5.32 Å². The third-order valence-electron chi connectivity index (χ3n) is 4.76. The quantitative estimate of drug-likeness (QED) is 0.825. The fraction of sp³-hybridized carbons (Fsp3) is 0.824. The third kappa shape index (κ3) is 4.01. The monoisotopic (exact) mass is 311 g/mol. The minimum absolute atomic E-state index is 0.372. The van der Waals surface area contributed by atoms with Gasteiger partial charge >= 0.3 is 0 Å². The molecule has 0 radical (unpaired) electrons. The van der Waals surface area contributed by atoms with Crippen molar-refractivity contribution in [1.29, 1.82) is 0 Å². The molecule has 1 aromatic heterocycles. The summed E-state index contributed by atoms with van der Waals surface area (Å²) in [5.74, 6) is 0.704. The molecular formula is C17H30ClN3. The molecule has 0 amide bonds. The van der Waals surface area contributed by atoms with Crippen LogP contribution in [0, 0.1) is 11.3 Å². The van der Waals surface area contributed by atoms with Crippen molar-refractivity contribution in [3.8, 4) is 0 Å². The molecule has 0 spiro atoms. The molecule has 21 heavy (non-hydrogen) atoms. The molecule has 1 fully saturated rings. The number of aromatic nitrogens is 2. The molecule has 1 aromatic rings. The zero-order valence-corrected chi connectivity index (χ0v) is 14.8. The summed E-state index contributed by atoms with van der Waals surface area (Å²) in [4.78, 5) is 0. The van der Waals surface area contributed by atoms with Gasteiger partial charge in [-0.3, -0.25) is 4.68 Å². The van der Waals surface area contributed by atoms with E-state index in [4.69, 9.17) is 11.6 Å². The molecular weight excluding hydrogens is 282 g/mol. The number of halogens is 1. The Kier molecular flexibility index (Phi) is 5.73. The van der Waals surface area contributed by atoms with E-state index in [2.05, 4.69) is 31.2 Å². The first-order valence-corrected chi connectivity index (χ1v) is 8.76. The van der Waals surface area contributed by atoms with Gasteiger partial charge in [-0.25, -0.2) is 0 Å². The van der Waals surface area contributed by atoms with Crippen molar-refractivity contribution in [2.24, 2.45) is 18.4 Å². The average Bonchev–Trinajstić information content (AvgIpc) is 2.99. The summed E-state index contributed by atoms with van der Waals surface area (Å²) in [5.41, 5.74) is 2.64. The van der Waals surface area contributed by atoms with Crippen LogP contribution in [0.15, 0.2) is 0 Å². The number of nitrogens with one attached hydrogen (secondary N) is 1. The minimum atomic E-state index is 0.372. The second-order valence-corrected chi connectivity index (χ2v) is 7.47. The van der Waals surface area contributed by atoms with Crippen LogP contribution in [0.1, 0.15) is 57.8 Å². The molecule has 4 heteroatoms. The molecule has 1 aliphatic rings. The van der Waals surface area contributed by atoms with Crippen LogP contribution in [0.5, 0.6) is 0 Å². The standard InChI is InChI=1S/C17H30ClN3/c1-5-14-16(18)15(21(4)20-14)10-17(8-6-7-9-17)12-19-11-13(2)3/h13,19H,5-12H2,1-4H3. The zero-order chi connectivity index (χ0) is 15.5. The summed E-state index contributed by atoms with van der Waals surface area (Å²) in [7, 11) is 2.03. The largest absolute Gasteiger partial charge is 0.316 e. The Balaban J connectivity index is 2.11. The lowest BCUT2D eigenvalue weighted by Gasteiger charge is -2.30. The van der Waals surface area contributed by atoms with E-state index >= 15 is 0 Å². The second kappa shape index (κ2) is 7.15. The van der Waals surface area contributed by atoms with Crippen molar-refractivity contribution in [1.82, 2.24) is 15.1 Å². The Morgan fingerprint density at radius 3 is 2.52 bits per heavy atom. The van der Waals surface area contributed by atoms with Crippen molar-refractivity contribution in [2.75, 3.05) is 13.1 Å². The highest BCUT2D eigenvalue weighted by molar-refractivity contribution is 6.31. The Hall–Kier alpha value is -0.540. The molecule has 2 rings (SSSR count). The van der Waals surface area contributed by atoms with E-state index < -0.39 is 0 Å². The predicted molar refractivity (Wildman–Crippen MR) is 89.9 cm³/mol. The van der Waals surface area contributed by atoms with Crippen molar-refractivity contribution >= 4 is 11.6 Å². The van der Waals surface area contributed by atoms with Crippen LogP contribution in [0.25, 0.3) is 0 Å². The van der Waals surface area contributed by atoms with E-state index in [1.54, 1.807) is 0 Å². The van der Waals surface area contributed by atoms with Crippen molar-refractivity contribution in [3.63, 3.8) is 0 Å². The molecule has 0 aliphatic heterocycles. The summed E-state index contributed by atoms with van der Waals surface area (Å²) >= 11 is 6.55. The summed E-state index contributed by atoms with van der Waals surface area (Å²) in [6.45, 7) is 8.85. The van der Waals surface area contributed by atoms with E-state index in [1.165, 1.54) is 31.4 Å². The summed E-state index contributed by atoms with van der Waals surface area (Å²) in [6, 6.07) is 0. The van der Waals surface area contributed by atoms with Gasteiger partial charge in [0, 0.05) is 13.6 Å². The fourth-order valence-corrected chi connectivity index (χ4v) is 3.89. The molecule has 1 N–H and O–H groups in total. The second-order valence-electron chi connectivity index (χ2n) is 7.09. The smallest absolute Gasteiger partial charge is 0.0849 e. The van der Waals surface area contributed by atoms with E-state index in [0.29, 0.717) is 11.3 Å². The van der Waals surface area contributed by atoms with Crippen LogP contribution in [0.4, 0.5) is 0 Å². The molecule has 120 valence electrons. The summed E-state index contributed by atoms with van der Waals surface area (Å²) in [6.07, 6.45) is 7.27. The van der Waals surface area contributed by atoms with Gasteiger partial charge in [0.25, 0.3) is 0 Å². The maximum absolute atomic E-state index is 6.55. The first-order chi connectivity index (χ1) is 9.97. The maximum Gasteiger partial charge on any atom is 0.0849 e. The molecule has 1 aliphatic carbocycles. The van der Waals surface area contributed by atoms with Crippen LogP contribution in [0.3, 0.4) is 0 Å². The van der Waals surface area contributed by atoms with Crippen molar-refractivity contribution < 1.29 is 0 Å². The van der Waals surface area contributed by atoms with Gasteiger partial charge in [-0.15, -0.1) is 0 Å². The number of nitrogens with zero attached hydrogens (tertiary/aromatic N) is 2. The van der Waals surface area contributed by atoms with Crippen LogP contribution in [-0.4, -0.2) is 22.9 Å². The highest BCUT2D eigenvalue weighted by Crippen LogP contribution is 2.42. The summed E-state index contributed by atoms with van der Waals surface area (Å²) in [5, 5.41) is 9.15. The van der Waals surface area contributed by atoms with Gasteiger partial charge in [-0.05, 0) is 43.6 Å². The number of hydrogen-bond donors (Lipinski definition) is 1. The van der Waals surface area contributed by atoms with E-state index in [9.17, 15) is 0 Å². The van der Waals surface area contributed by atoms with Gasteiger partial charge in [-0.2, -0.15) is 5.10 Å². The minimum Gasteiger partial charge on any atom is -0.316 e. The van der Waals surface area contributed by atoms with Crippen LogP contribution in [0.2, 0.25) is 5.02 Å². The first kappa shape index (κ1) is 16.8. The number of hydrogen-bond acceptors (Lipinski definition) is 2. The Labute approximate surface area is 134 Å². The van der Waals surface area contributed by atoms with Gasteiger partial charge in [0.15, 0.2) is 0 Å². The zero-order valence-electron chi connectivity index (χ0n) is 14.0. The van der Waals surface area contributed by atoms with Crippen molar-refractivity contribution in [3.05, 3.63) is 16.4 Å². The molecule has 0 bridgehead atoms. The third-order valence-corrected chi connectivity index (χ3v) is 5.20. The van der Waals surface area contributed by atoms with Crippen LogP contribution >= 0.6 is 11.6 Å². The predicted octanol–water partition coefficient (Wildman–Crippen LogP) is 3.98. The Bertz CT molecular complexity index is 459. The van der Waals surface area contributed by atoms with Crippen LogP contribution < -0.4 is 5.32 Å². The highest BCUT2D eigenvalue weighted by Gasteiger charge is 2.35. The van der Waals surface area contributed by atoms with Gasteiger partial charge in [0.05, 0.1) is 16.4 Å². The molecule has 0 unspecified atom stereocenters. The number of aryl methyl sites for hydroxylation is 2. The topological polar surface area (TPSA) is 29.9 Å². The molecule has 0 atom stereocenters. The summed E-state index contributed by atoms with van der Waals surface area (Å²) < 4.78 is 2.00. The molecule has 1 saturated carbocycles. The molecule has 1 heterocycles. The average molecular weight is 312 g/mol. The van der Waals surface area contributed by atoms with Crippen molar-refractivity contribution in [2.45, 2.75) is 59.3 Å². The maximum atomic E-state index is 6.55. The molecule has 0 saturated heterocycles. The Morgan fingerprint density at radius 1 is 1.33 bits per heavy atom. The normalized spacial score (nSPS) is 17.8. The van der Waals surface area contributed by atoms with Gasteiger partial charge in [-0.1, -0.05) is 45.2 Å². The molecule has 0 aromatic carbocycles. The van der Waals surface area contributed by atoms with E-state index in [-0.39, 0.29) is 0 Å². The lowest BCUT2D eigenvalue weighted by molar-refractivity contribution is 0.267. The highest BCUT2D eigenvalue weighted by atomic mass is 35.5. The number of rotatable bonds is 7. The molecule has 3 nitrogen and oxygen atoms in total. The lowest BCUT2D eigenvalue weighted by atomic mass is 9.81. The Morgan fingerprint density at radius 2 is 2.00 bits per heavy atom. The lowest BCUT2D eigenvalue weighted by Crippen LogP contribution is -2.36. The fourth-order valence-electron chi connectivity index (χ4n) is 3.53. The van der Waals surface area contributed by atoms with Crippen LogP contribution in [-0.2, 0) is 19.9 Å². The van der Waals surface area contributed by atoms with E-state index in [1.807, 2.05) is 11.7 Å². The SMILES string of the molecule is CCc1nn(C)c(CC2(CNCC(C)C)CCCC2)c1Cl.